The van der Waals surface area contributed by atoms with Gasteiger partial charge in [0.25, 0.3) is 0 Å². The quantitative estimate of drug-likeness (QED) is 0.485. The zero-order valence-electron chi connectivity index (χ0n) is 5.03. The van der Waals surface area contributed by atoms with Gasteiger partial charge in [-0.1, -0.05) is 0 Å². The molecule has 1 fully saturated rings. The van der Waals surface area contributed by atoms with Gasteiger partial charge in [-0.3, -0.25) is 0 Å². The van der Waals surface area contributed by atoms with Gasteiger partial charge in [0, 0.05) is 6.42 Å². The maximum Gasteiger partial charge on any atom is 0.440 e. The fourth-order valence-corrected chi connectivity index (χ4v) is 0.632. The van der Waals surface area contributed by atoms with Crippen LogP contribution in [0.2, 0.25) is 0 Å². The Kier molecular flexibility index (Phi) is 1.60. The minimum atomic E-state index is -1.19. The maximum atomic E-state index is 10.1. The monoisotopic (exact) mass is 143 g/mol. The Hall–Kier alpha value is -1.48. The van der Waals surface area contributed by atoms with E-state index in [0.29, 0.717) is 11.5 Å². The van der Waals surface area contributed by atoms with Gasteiger partial charge in [-0.05, 0) is 0 Å². The summed E-state index contributed by atoms with van der Waals surface area (Å²) in [5.41, 5.74) is 0. The average Bonchev–Trinajstić information content (AvgIpc) is 2.34. The third kappa shape index (κ3) is 1.09. The van der Waals surface area contributed by atoms with Crippen molar-refractivity contribution in [3.63, 3.8) is 0 Å². The number of carbonyl (C=O) groups excluding carboxylic acids is 1. The second-order valence-electron chi connectivity index (χ2n) is 1.75. The molecule has 5 nitrogen and oxygen atoms in total. The molecule has 0 spiro atoms. The molecule has 0 saturated carbocycles. The van der Waals surface area contributed by atoms with Crippen LogP contribution in [0.25, 0.3) is 0 Å². The molecule has 1 saturated heterocycles. The van der Waals surface area contributed by atoms with E-state index < -0.39 is 6.09 Å². The van der Waals surface area contributed by atoms with Gasteiger partial charge in [0.1, 0.15) is 0 Å². The van der Waals surface area contributed by atoms with E-state index in [0.717, 1.165) is 0 Å². The highest BCUT2D eigenvalue weighted by atomic mass is 16.7. The first-order chi connectivity index (χ1) is 4.74. The van der Waals surface area contributed by atoms with E-state index in [2.05, 4.69) is 4.84 Å². The van der Waals surface area contributed by atoms with Crippen LogP contribution in [0.3, 0.4) is 0 Å². The summed E-state index contributed by atoms with van der Waals surface area (Å²) in [5, 5.41) is 8.98. The molecule has 0 atom stereocenters. The first kappa shape index (κ1) is 6.64. The molecular weight excluding hydrogens is 138 g/mol. The highest BCUT2D eigenvalue weighted by molar-refractivity contribution is 5.65. The molecule has 5 heteroatoms. The van der Waals surface area contributed by atoms with Crippen LogP contribution in [-0.4, -0.2) is 28.7 Å². The second-order valence-corrected chi connectivity index (χ2v) is 1.75. The van der Waals surface area contributed by atoms with Gasteiger partial charge in [-0.15, -0.1) is 5.06 Å². The summed E-state index contributed by atoms with van der Waals surface area (Å²) in [6.07, 6.45) is -0.874. The lowest BCUT2D eigenvalue weighted by atomic mass is 10.4. The van der Waals surface area contributed by atoms with Gasteiger partial charge >= 0.3 is 6.09 Å². The minimum Gasteiger partial charge on any atom is -0.463 e. The van der Waals surface area contributed by atoms with Gasteiger partial charge in [-0.2, -0.15) is 0 Å². The molecule has 0 unspecified atom stereocenters. The number of hydrogen-bond acceptors (Lipinski definition) is 3. The highest BCUT2D eigenvalue weighted by Crippen LogP contribution is 2.13. The second kappa shape index (κ2) is 2.41. The molecule has 0 radical (unpaired) electrons. The molecular formula is C5H5NO4. The van der Waals surface area contributed by atoms with Crippen molar-refractivity contribution in [2.24, 2.45) is 0 Å². The van der Waals surface area contributed by atoms with Crippen LogP contribution < -0.4 is 0 Å². The minimum absolute atomic E-state index is 0.0439. The molecule has 1 aliphatic rings. The lowest BCUT2D eigenvalue weighted by Crippen LogP contribution is -2.23. The Morgan fingerprint density at radius 1 is 1.80 bits per heavy atom. The number of carboxylic acid groups (broad SMARTS) is 1. The van der Waals surface area contributed by atoms with Crippen molar-refractivity contribution >= 4 is 12.0 Å². The third-order valence-corrected chi connectivity index (χ3v) is 1.09. The number of carbonyl (C=O) groups is 1. The van der Waals surface area contributed by atoms with Gasteiger partial charge < -0.3 is 9.94 Å². The Morgan fingerprint density at radius 3 is 2.80 bits per heavy atom. The van der Waals surface area contributed by atoms with Crippen LogP contribution in [0, 0.1) is 0 Å². The molecule has 1 heterocycles. The van der Waals surface area contributed by atoms with Crippen LogP contribution in [0.4, 0.5) is 4.79 Å². The number of amides is 1. The molecule has 1 rings (SSSR count). The van der Waals surface area contributed by atoms with E-state index in [1.54, 1.807) is 0 Å². The smallest absolute Gasteiger partial charge is 0.440 e. The lowest BCUT2D eigenvalue weighted by molar-refractivity contribution is -0.0529. The zero-order valence-corrected chi connectivity index (χ0v) is 5.03. The molecule has 1 amide bonds. The Morgan fingerprint density at radius 2 is 2.50 bits per heavy atom. The Labute approximate surface area is 56.4 Å². The van der Waals surface area contributed by atoms with Crippen LogP contribution in [-0.2, 0) is 9.63 Å². The summed E-state index contributed by atoms with van der Waals surface area (Å²) in [5.74, 6) is 1.53. The normalized spacial score (nSPS) is 16.4. The predicted octanol–water partition coefficient (Wildman–Crippen LogP) is 0.0172. The van der Waals surface area contributed by atoms with Gasteiger partial charge in [-0.25, -0.2) is 9.59 Å². The van der Waals surface area contributed by atoms with Gasteiger partial charge in [0.05, 0.1) is 6.54 Å². The molecule has 10 heavy (non-hydrogen) atoms. The molecule has 0 bridgehead atoms. The molecule has 0 aliphatic carbocycles. The molecule has 0 aromatic rings. The summed E-state index contributed by atoms with van der Waals surface area (Å²) < 4.78 is 0. The average molecular weight is 143 g/mol. The maximum absolute atomic E-state index is 10.1. The summed E-state index contributed by atoms with van der Waals surface area (Å²) in [6.45, 7) is 0.208. The van der Waals surface area contributed by atoms with Crippen molar-refractivity contribution in [3.8, 4) is 0 Å². The van der Waals surface area contributed by atoms with E-state index in [1.165, 1.54) is 5.94 Å². The molecule has 54 valence electrons. The fourth-order valence-electron chi connectivity index (χ4n) is 0.632. The van der Waals surface area contributed by atoms with Gasteiger partial charge in [0.2, 0.25) is 5.76 Å². The Bertz CT molecular complexity index is 206. The fraction of sp³-hybridized carbons (Fsp3) is 0.400. The molecule has 1 aliphatic heterocycles. The predicted molar refractivity (Wildman–Crippen MR) is 29.6 cm³/mol. The SMILES string of the molecule is O=C=C1CCN(C(=O)O)O1. The van der Waals surface area contributed by atoms with Crippen LogP contribution in [0.15, 0.2) is 5.76 Å². The standard InChI is InChI=1S/C5H5NO4/c7-3-4-1-2-6(10-4)5(8)9/h1-2H2,(H,8,9). The number of nitrogens with zero attached hydrogens (tertiary/aromatic N) is 1. The van der Waals surface area contributed by atoms with E-state index in [9.17, 15) is 9.59 Å². The third-order valence-electron chi connectivity index (χ3n) is 1.09. The van der Waals surface area contributed by atoms with E-state index in [4.69, 9.17) is 5.11 Å². The van der Waals surface area contributed by atoms with Crippen molar-refractivity contribution < 1.29 is 19.5 Å². The van der Waals surface area contributed by atoms with Crippen molar-refractivity contribution in [3.05, 3.63) is 5.76 Å². The summed E-state index contributed by atoms with van der Waals surface area (Å²) >= 11 is 0. The number of hydroxylamine groups is 2. The largest absolute Gasteiger partial charge is 0.463 e. The summed E-state index contributed by atoms with van der Waals surface area (Å²) in [4.78, 5) is 24.5. The Balaban J connectivity index is 2.59. The van der Waals surface area contributed by atoms with Crippen LogP contribution in [0.5, 0.6) is 0 Å². The molecule has 0 aromatic carbocycles. The van der Waals surface area contributed by atoms with E-state index in [1.807, 2.05) is 0 Å². The van der Waals surface area contributed by atoms with E-state index in [-0.39, 0.29) is 12.3 Å². The molecule has 1 N–H and O–H groups in total. The number of rotatable bonds is 0. The van der Waals surface area contributed by atoms with Crippen LogP contribution >= 0.6 is 0 Å². The van der Waals surface area contributed by atoms with Crippen molar-refractivity contribution in [1.29, 1.82) is 0 Å². The zero-order chi connectivity index (χ0) is 7.56. The highest BCUT2D eigenvalue weighted by Gasteiger charge is 2.23. The van der Waals surface area contributed by atoms with Crippen molar-refractivity contribution in [1.82, 2.24) is 5.06 Å². The van der Waals surface area contributed by atoms with E-state index >= 15 is 0 Å². The topological polar surface area (TPSA) is 66.8 Å². The first-order valence-corrected chi connectivity index (χ1v) is 2.66. The molecule has 0 aromatic heterocycles. The lowest BCUT2D eigenvalue weighted by Gasteiger charge is -2.06. The van der Waals surface area contributed by atoms with Crippen molar-refractivity contribution in [2.45, 2.75) is 6.42 Å². The first-order valence-electron chi connectivity index (χ1n) is 2.66. The number of hydrogen-bond donors (Lipinski definition) is 1. The van der Waals surface area contributed by atoms with Crippen molar-refractivity contribution in [2.75, 3.05) is 6.54 Å². The van der Waals surface area contributed by atoms with Crippen LogP contribution in [0.1, 0.15) is 6.42 Å². The summed E-state index contributed by atoms with van der Waals surface area (Å²) in [7, 11) is 0. The van der Waals surface area contributed by atoms with Gasteiger partial charge in [0.15, 0.2) is 5.94 Å². The summed E-state index contributed by atoms with van der Waals surface area (Å²) in [6, 6.07) is 0.